The lowest BCUT2D eigenvalue weighted by Crippen LogP contribution is -2.28. The van der Waals surface area contributed by atoms with E-state index in [0.29, 0.717) is 28.6 Å². The Bertz CT molecular complexity index is 1050. The van der Waals surface area contributed by atoms with Crippen LogP contribution in [0.2, 0.25) is 5.02 Å². The lowest BCUT2D eigenvalue weighted by Gasteiger charge is -2.17. The van der Waals surface area contributed by atoms with E-state index in [2.05, 4.69) is 5.32 Å². The fraction of sp³-hybridized carbons (Fsp3) is 0.136. The Labute approximate surface area is 176 Å². The minimum absolute atomic E-state index is 0.129. The maximum absolute atomic E-state index is 13.0. The summed E-state index contributed by atoms with van der Waals surface area (Å²) in [5.74, 6) is 1.39. The molecule has 0 amide bonds. The molecular formula is C22H17ClF3N3O. The number of benzene rings is 3. The van der Waals surface area contributed by atoms with Gasteiger partial charge in [-0.2, -0.15) is 13.2 Å². The smallest absolute Gasteiger partial charge is 0.416 e. The van der Waals surface area contributed by atoms with Crippen LogP contribution in [0, 0.1) is 5.41 Å². The van der Waals surface area contributed by atoms with Gasteiger partial charge in [-0.15, -0.1) is 0 Å². The number of rotatable bonds is 4. The summed E-state index contributed by atoms with van der Waals surface area (Å²) in [5.41, 5.74) is 0.528. The van der Waals surface area contributed by atoms with Gasteiger partial charge < -0.3 is 15.0 Å². The number of ether oxygens (including phenoxy) is 1. The molecule has 1 aliphatic rings. The minimum atomic E-state index is -4.40. The maximum atomic E-state index is 13.0. The number of nitrogens with zero attached hydrogens (tertiary/aromatic N) is 1. The molecule has 1 atom stereocenters. The number of hydrogen-bond donors (Lipinski definition) is 2. The van der Waals surface area contributed by atoms with Crippen molar-refractivity contribution < 1.29 is 17.9 Å². The Balaban J connectivity index is 1.47. The molecule has 154 valence electrons. The molecule has 1 unspecified atom stereocenters. The largest absolute Gasteiger partial charge is 0.457 e. The van der Waals surface area contributed by atoms with Crippen molar-refractivity contribution in [3.8, 4) is 11.5 Å². The molecule has 1 saturated heterocycles. The second-order valence-electron chi connectivity index (χ2n) is 6.83. The van der Waals surface area contributed by atoms with E-state index < -0.39 is 17.8 Å². The van der Waals surface area contributed by atoms with Crippen molar-refractivity contribution in [2.24, 2.45) is 0 Å². The van der Waals surface area contributed by atoms with Gasteiger partial charge >= 0.3 is 6.18 Å². The average molecular weight is 432 g/mol. The molecule has 1 aliphatic heterocycles. The molecule has 4 nitrogen and oxygen atoms in total. The van der Waals surface area contributed by atoms with Crippen LogP contribution in [-0.4, -0.2) is 12.5 Å². The Morgan fingerprint density at radius 2 is 1.60 bits per heavy atom. The summed E-state index contributed by atoms with van der Waals surface area (Å²) >= 11 is 5.87. The zero-order chi connectivity index (χ0) is 21.3. The van der Waals surface area contributed by atoms with E-state index in [4.69, 9.17) is 21.7 Å². The Hall–Kier alpha value is -3.19. The van der Waals surface area contributed by atoms with Crippen LogP contribution in [-0.2, 0) is 6.18 Å². The second-order valence-corrected chi connectivity index (χ2v) is 7.27. The number of guanidine groups is 1. The Kier molecular flexibility index (Phi) is 5.30. The third-order valence-electron chi connectivity index (χ3n) is 4.76. The zero-order valence-electron chi connectivity index (χ0n) is 15.6. The zero-order valence-corrected chi connectivity index (χ0v) is 16.3. The second kappa shape index (κ2) is 7.91. The molecule has 1 fully saturated rings. The first-order valence-electron chi connectivity index (χ1n) is 9.13. The summed E-state index contributed by atoms with van der Waals surface area (Å²) in [6.07, 6.45) is -4.40. The third kappa shape index (κ3) is 4.36. The molecule has 30 heavy (non-hydrogen) atoms. The van der Waals surface area contributed by atoms with Gasteiger partial charge in [0.25, 0.3) is 0 Å². The normalized spacial score (nSPS) is 16.5. The van der Waals surface area contributed by atoms with E-state index in [0.717, 1.165) is 17.8 Å². The van der Waals surface area contributed by atoms with E-state index >= 15 is 0 Å². The summed E-state index contributed by atoms with van der Waals surface area (Å²) in [4.78, 5) is 1.71. The van der Waals surface area contributed by atoms with Gasteiger partial charge in [-0.1, -0.05) is 23.7 Å². The minimum Gasteiger partial charge on any atom is -0.457 e. The van der Waals surface area contributed by atoms with Crippen LogP contribution in [0.15, 0.2) is 72.8 Å². The van der Waals surface area contributed by atoms with E-state index in [1.165, 1.54) is 6.07 Å². The Morgan fingerprint density at radius 1 is 0.967 bits per heavy atom. The van der Waals surface area contributed by atoms with E-state index in [9.17, 15) is 13.2 Å². The summed E-state index contributed by atoms with van der Waals surface area (Å²) < 4.78 is 44.7. The monoisotopic (exact) mass is 431 g/mol. The van der Waals surface area contributed by atoms with Crippen molar-refractivity contribution in [1.82, 2.24) is 5.32 Å². The fourth-order valence-electron chi connectivity index (χ4n) is 3.25. The predicted octanol–water partition coefficient (Wildman–Crippen LogP) is 6.24. The van der Waals surface area contributed by atoms with Crippen LogP contribution in [0.25, 0.3) is 0 Å². The molecule has 8 heteroatoms. The lowest BCUT2D eigenvalue weighted by molar-refractivity contribution is -0.137. The van der Waals surface area contributed by atoms with E-state index in [-0.39, 0.29) is 5.96 Å². The highest BCUT2D eigenvalue weighted by Gasteiger charge is 2.33. The van der Waals surface area contributed by atoms with Gasteiger partial charge in [-0.25, -0.2) is 0 Å². The van der Waals surface area contributed by atoms with Crippen molar-refractivity contribution in [1.29, 1.82) is 5.41 Å². The molecule has 0 spiro atoms. The molecule has 0 radical (unpaired) electrons. The van der Waals surface area contributed by atoms with Crippen LogP contribution in [0.4, 0.5) is 18.9 Å². The van der Waals surface area contributed by atoms with Gasteiger partial charge in [0.1, 0.15) is 11.5 Å². The summed E-state index contributed by atoms with van der Waals surface area (Å²) in [6, 6.07) is 18.9. The molecule has 0 saturated carbocycles. The van der Waals surface area contributed by atoms with Crippen molar-refractivity contribution in [2.45, 2.75) is 12.2 Å². The maximum Gasteiger partial charge on any atom is 0.416 e. The fourth-order valence-corrected chi connectivity index (χ4v) is 3.38. The molecule has 1 heterocycles. The molecule has 0 aromatic heterocycles. The standard InChI is InChI=1S/C22H17ClF3N3O/c23-16-4-8-18(9-5-16)30-19-10-6-17(7-11-19)29-13-20(28-21(29)27)14-2-1-3-15(12-14)22(24,25)26/h1-12,20H,13H2,(H2,27,28). The molecule has 2 N–H and O–H groups in total. The number of hydrogen-bond acceptors (Lipinski definition) is 2. The summed E-state index contributed by atoms with van der Waals surface area (Å²) in [7, 11) is 0. The van der Waals surface area contributed by atoms with Gasteiger partial charge in [0, 0.05) is 10.7 Å². The quantitative estimate of drug-likeness (QED) is 0.514. The summed E-state index contributed by atoms with van der Waals surface area (Å²) in [6.45, 7) is 0.345. The first-order valence-corrected chi connectivity index (χ1v) is 9.51. The first kappa shape index (κ1) is 20.1. The lowest BCUT2D eigenvalue weighted by atomic mass is 10.0. The van der Waals surface area contributed by atoms with Gasteiger partial charge in [-0.05, 0) is 66.2 Å². The first-order chi connectivity index (χ1) is 14.3. The topological polar surface area (TPSA) is 48.4 Å². The van der Waals surface area contributed by atoms with Crippen molar-refractivity contribution in [3.05, 3.63) is 88.9 Å². The molecular weight excluding hydrogens is 415 g/mol. The SMILES string of the molecule is N=C1NC(c2cccc(C(F)(F)F)c2)CN1c1ccc(Oc2ccc(Cl)cc2)cc1. The predicted molar refractivity (Wildman–Crippen MR) is 110 cm³/mol. The number of alkyl halides is 3. The molecule has 0 aliphatic carbocycles. The number of anilines is 1. The van der Waals surface area contributed by atoms with Gasteiger partial charge in [0.2, 0.25) is 0 Å². The van der Waals surface area contributed by atoms with Crippen molar-refractivity contribution in [2.75, 3.05) is 11.4 Å². The molecule has 3 aromatic rings. The highest BCUT2D eigenvalue weighted by Crippen LogP contribution is 2.33. The van der Waals surface area contributed by atoms with Crippen LogP contribution in [0.1, 0.15) is 17.2 Å². The van der Waals surface area contributed by atoms with Crippen LogP contribution >= 0.6 is 11.6 Å². The van der Waals surface area contributed by atoms with Gasteiger partial charge in [0.15, 0.2) is 5.96 Å². The molecule has 3 aromatic carbocycles. The van der Waals surface area contributed by atoms with Gasteiger partial charge in [-0.3, -0.25) is 5.41 Å². The highest BCUT2D eigenvalue weighted by atomic mass is 35.5. The molecule has 0 bridgehead atoms. The number of nitrogens with one attached hydrogen (secondary N) is 2. The van der Waals surface area contributed by atoms with Crippen LogP contribution in [0.3, 0.4) is 0 Å². The third-order valence-corrected chi connectivity index (χ3v) is 5.01. The van der Waals surface area contributed by atoms with Gasteiger partial charge in [0.05, 0.1) is 18.2 Å². The number of halogens is 4. The van der Waals surface area contributed by atoms with Crippen LogP contribution < -0.4 is 15.0 Å². The summed E-state index contributed by atoms with van der Waals surface area (Å²) in [5, 5.41) is 11.8. The van der Waals surface area contributed by atoms with Crippen molar-refractivity contribution in [3.63, 3.8) is 0 Å². The molecule has 4 rings (SSSR count). The Morgan fingerprint density at radius 3 is 2.23 bits per heavy atom. The van der Waals surface area contributed by atoms with E-state index in [1.54, 1.807) is 59.5 Å². The average Bonchev–Trinajstić information content (AvgIpc) is 3.11. The highest BCUT2D eigenvalue weighted by molar-refractivity contribution is 6.30. The van der Waals surface area contributed by atoms with Crippen LogP contribution in [0.5, 0.6) is 11.5 Å². The van der Waals surface area contributed by atoms with E-state index in [1.807, 2.05) is 0 Å². The van der Waals surface area contributed by atoms with Crippen molar-refractivity contribution >= 4 is 23.2 Å².